The van der Waals surface area contributed by atoms with Gasteiger partial charge in [0, 0.05) is 17.0 Å². The Morgan fingerprint density at radius 3 is 2.64 bits per heavy atom. The second-order valence-corrected chi connectivity index (χ2v) is 6.15. The van der Waals surface area contributed by atoms with Crippen molar-refractivity contribution >= 4 is 23.2 Å². The van der Waals surface area contributed by atoms with E-state index in [-0.39, 0.29) is 29.6 Å². The Balaban J connectivity index is 1.67. The summed E-state index contributed by atoms with van der Waals surface area (Å²) in [7, 11) is 0. The number of rotatable bonds is 6. The molecule has 0 bridgehead atoms. The van der Waals surface area contributed by atoms with E-state index in [1.807, 2.05) is 24.3 Å². The highest BCUT2D eigenvalue weighted by molar-refractivity contribution is 6.31. The zero-order valence-corrected chi connectivity index (χ0v) is 14.5. The third-order valence-electron chi connectivity index (χ3n) is 3.57. The second-order valence-electron chi connectivity index (χ2n) is 5.34. The number of halogens is 2. The molecule has 0 aliphatic heterocycles. The quantitative estimate of drug-likeness (QED) is 0.704. The van der Waals surface area contributed by atoms with Crippen LogP contribution in [0.25, 0.3) is 0 Å². The van der Waals surface area contributed by atoms with Crippen molar-refractivity contribution in [3.8, 4) is 0 Å². The molecule has 0 saturated carbocycles. The number of hydrogen-bond donors (Lipinski definition) is 1. The van der Waals surface area contributed by atoms with Gasteiger partial charge in [-0.15, -0.1) is 0 Å². The first-order chi connectivity index (χ1) is 12.1. The summed E-state index contributed by atoms with van der Waals surface area (Å²) in [4.78, 5) is 16.3. The minimum Gasteiger partial charge on any atom is -0.392 e. The highest BCUT2D eigenvalue weighted by atomic mass is 35.5. The molecule has 3 aromatic rings. The average Bonchev–Trinajstić information content (AvgIpc) is 3.06. The van der Waals surface area contributed by atoms with Crippen LogP contribution in [0.15, 0.2) is 39.8 Å². The average molecular weight is 381 g/mol. The summed E-state index contributed by atoms with van der Waals surface area (Å²) in [5.41, 5.74) is 0.867. The Bertz CT molecular complexity index is 922. The normalized spacial score (nSPS) is 11.0. The lowest BCUT2D eigenvalue weighted by atomic mass is 10.1. The molecule has 0 aliphatic rings. The minimum absolute atomic E-state index is 0.0121. The van der Waals surface area contributed by atoms with Gasteiger partial charge in [-0.3, -0.25) is 4.79 Å². The Labute approximate surface area is 152 Å². The summed E-state index contributed by atoms with van der Waals surface area (Å²) in [6.07, 6.45) is 2.67. The molecule has 0 amide bonds. The summed E-state index contributed by atoms with van der Waals surface area (Å²) in [5.74, 6) is 0.796. The molecule has 7 nitrogen and oxygen atoms in total. The first kappa shape index (κ1) is 17.6. The standard InChI is InChI=1S/C16H14Cl2N4O3/c17-12-4-1-10(2-5-12)3-6-13-20-14(25-21-13)8-22-16(24)15(18)11(9-23)7-19-22/h1-2,4-5,7,23H,3,6,8-9H2. The largest absolute Gasteiger partial charge is 0.392 e. The Kier molecular flexibility index (Phi) is 5.47. The number of aromatic nitrogens is 4. The molecule has 0 atom stereocenters. The van der Waals surface area contributed by atoms with Gasteiger partial charge in [-0.2, -0.15) is 10.1 Å². The molecule has 3 rings (SSSR count). The lowest BCUT2D eigenvalue weighted by Gasteiger charge is -2.03. The van der Waals surface area contributed by atoms with E-state index in [1.165, 1.54) is 6.20 Å². The predicted molar refractivity (Wildman–Crippen MR) is 91.7 cm³/mol. The Morgan fingerprint density at radius 2 is 1.92 bits per heavy atom. The van der Waals surface area contributed by atoms with Crippen LogP contribution in [0.1, 0.15) is 22.8 Å². The smallest absolute Gasteiger partial charge is 0.286 e. The Hall–Kier alpha value is -2.22. The van der Waals surface area contributed by atoms with E-state index in [0.29, 0.717) is 17.3 Å². The summed E-state index contributed by atoms with van der Waals surface area (Å²) < 4.78 is 6.26. The van der Waals surface area contributed by atoms with Crippen LogP contribution in [0.4, 0.5) is 0 Å². The van der Waals surface area contributed by atoms with Crippen molar-refractivity contribution in [2.45, 2.75) is 26.0 Å². The fourth-order valence-electron chi connectivity index (χ4n) is 2.21. The van der Waals surface area contributed by atoms with Crippen LogP contribution in [0.3, 0.4) is 0 Å². The molecular weight excluding hydrogens is 367 g/mol. The van der Waals surface area contributed by atoms with Gasteiger partial charge in [0.25, 0.3) is 5.56 Å². The van der Waals surface area contributed by atoms with Crippen LogP contribution < -0.4 is 5.56 Å². The first-order valence-corrected chi connectivity index (χ1v) is 8.23. The van der Waals surface area contributed by atoms with Gasteiger partial charge in [-0.1, -0.05) is 40.5 Å². The van der Waals surface area contributed by atoms with Gasteiger partial charge in [0.2, 0.25) is 5.89 Å². The number of aliphatic hydroxyl groups is 1. The van der Waals surface area contributed by atoms with Crippen molar-refractivity contribution in [1.82, 2.24) is 19.9 Å². The van der Waals surface area contributed by atoms with Crippen LogP contribution in [0, 0.1) is 0 Å². The van der Waals surface area contributed by atoms with Gasteiger partial charge in [0.15, 0.2) is 5.82 Å². The summed E-state index contributed by atoms with van der Waals surface area (Å²) in [6, 6.07) is 7.54. The maximum atomic E-state index is 12.1. The van der Waals surface area contributed by atoms with Gasteiger partial charge in [-0.05, 0) is 24.1 Å². The van der Waals surface area contributed by atoms with Crippen molar-refractivity contribution in [2.75, 3.05) is 0 Å². The Morgan fingerprint density at radius 1 is 1.16 bits per heavy atom. The van der Waals surface area contributed by atoms with Gasteiger partial charge < -0.3 is 9.63 Å². The molecule has 0 saturated heterocycles. The predicted octanol–water partition coefficient (Wildman–Crippen LogP) is 2.26. The zero-order valence-electron chi connectivity index (χ0n) is 13.0. The highest BCUT2D eigenvalue weighted by Crippen LogP contribution is 2.12. The summed E-state index contributed by atoms with van der Waals surface area (Å²) in [6.45, 7) is -0.338. The molecule has 0 unspecified atom stereocenters. The molecule has 0 fully saturated rings. The van der Waals surface area contributed by atoms with E-state index in [0.717, 1.165) is 16.7 Å². The fourth-order valence-corrected chi connectivity index (χ4v) is 2.55. The molecule has 0 aliphatic carbocycles. The molecule has 1 aromatic carbocycles. The zero-order chi connectivity index (χ0) is 17.8. The van der Waals surface area contributed by atoms with E-state index >= 15 is 0 Å². The number of benzene rings is 1. The molecule has 0 spiro atoms. The third-order valence-corrected chi connectivity index (χ3v) is 4.23. The number of aliphatic hydroxyl groups excluding tert-OH is 1. The van der Waals surface area contributed by atoms with Gasteiger partial charge in [0.1, 0.15) is 11.6 Å². The molecular formula is C16H14Cl2N4O3. The van der Waals surface area contributed by atoms with Crippen LogP contribution in [-0.4, -0.2) is 25.0 Å². The van der Waals surface area contributed by atoms with Gasteiger partial charge in [-0.25, -0.2) is 4.68 Å². The van der Waals surface area contributed by atoms with Crippen molar-refractivity contribution in [3.63, 3.8) is 0 Å². The third kappa shape index (κ3) is 4.25. The number of aryl methyl sites for hydroxylation is 2. The van der Waals surface area contributed by atoms with E-state index in [9.17, 15) is 4.79 Å². The molecule has 1 N–H and O–H groups in total. The summed E-state index contributed by atoms with van der Waals surface area (Å²) >= 11 is 11.7. The van der Waals surface area contributed by atoms with Crippen LogP contribution in [-0.2, 0) is 26.0 Å². The first-order valence-electron chi connectivity index (χ1n) is 7.48. The molecule has 2 aromatic heterocycles. The van der Waals surface area contributed by atoms with Crippen molar-refractivity contribution in [3.05, 3.63) is 73.7 Å². The van der Waals surface area contributed by atoms with E-state index in [2.05, 4.69) is 15.2 Å². The topological polar surface area (TPSA) is 94.0 Å². The number of nitrogens with zero attached hydrogens (tertiary/aromatic N) is 4. The second kappa shape index (κ2) is 7.77. The van der Waals surface area contributed by atoms with Gasteiger partial charge >= 0.3 is 0 Å². The van der Waals surface area contributed by atoms with Crippen molar-refractivity contribution in [2.24, 2.45) is 0 Å². The monoisotopic (exact) mass is 380 g/mol. The van der Waals surface area contributed by atoms with E-state index in [1.54, 1.807) is 0 Å². The summed E-state index contributed by atoms with van der Waals surface area (Å²) in [5, 5.41) is 17.5. The van der Waals surface area contributed by atoms with Crippen molar-refractivity contribution in [1.29, 1.82) is 0 Å². The fraction of sp³-hybridized carbons (Fsp3) is 0.250. The van der Waals surface area contributed by atoms with Gasteiger partial charge in [0.05, 0.1) is 12.8 Å². The maximum absolute atomic E-state index is 12.1. The lowest BCUT2D eigenvalue weighted by Crippen LogP contribution is -2.25. The molecule has 0 radical (unpaired) electrons. The highest BCUT2D eigenvalue weighted by Gasteiger charge is 2.12. The van der Waals surface area contributed by atoms with Crippen molar-refractivity contribution < 1.29 is 9.63 Å². The molecule has 25 heavy (non-hydrogen) atoms. The van der Waals surface area contributed by atoms with Crippen LogP contribution in [0.2, 0.25) is 10.0 Å². The van der Waals surface area contributed by atoms with Crippen LogP contribution in [0.5, 0.6) is 0 Å². The SMILES string of the molecule is O=c1c(Cl)c(CO)cnn1Cc1nc(CCc2ccc(Cl)cc2)no1. The lowest BCUT2D eigenvalue weighted by molar-refractivity contribution is 0.280. The van der Waals surface area contributed by atoms with E-state index in [4.69, 9.17) is 32.8 Å². The molecule has 130 valence electrons. The number of hydrogen-bond acceptors (Lipinski definition) is 6. The maximum Gasteiger partial charge on any atom is 0.286 e. The van der Waals surface area contributed by atoms with E-state index < -0.39 is 5.56 Å². The minimum atomic E-state index is -0.519. The molecule has 9 heteroatoms. The van der Waals surface area contributed by atoms with Crippen LogP contribution >= 0.6 is 23.2 Å². The molecule has 2 heterocycles.